The summed E-state index contributed by atoms with van der Waals surface area (Å²) >= 11 is 0. The van der Waals surface area contributed by atoms with Crippen molar-refractivity contribution in [2.75, 3.05) is 31.1 Å². The number of halogens is 1. The van der Waals surface area contributed by atoms with Gasteiger partial charge in [-0.2, -0.15) is 5.10 Å². The van der Waals surface area contributed by atoms with Crippen molar-refractivity contribution in [3.8, 4) is 5.69 Å². The van der Waals surface area contributed by atoms with Gasteiger partial charge in [0.25, 0.3) is 0 Å². The van der Waals surface area contributed by atoms with Crippen LogP contribution in [0.4, 0.5) is 10.1 Å². The zero-order valence-corrected chi connectivity index (χ0v) is 11.6. The van der Waals surface area contributed by atoms with E-state index in [1.165, 1.54) is 6.07 Å². The quantitative estimate of drug-likeness (QED) is 0.929. The van der Waals surface area contributed by atoms with Crippen LogP contribution in [0.15, 0.2) is 30.5 Å². The third kappa shape index (κ3) is 2.29. The molecule has 0 bridgehead atoms. The first kappa shape index (κ1) is 13.1. The molecule has 1 N–H and O–H groups in total. The first-order chi connectivity index (χ1) is 9.81. The van der Waals surface area contributed by atoms with Crippen LogP contribution in [0.5, 0.6) is 0 Å². The average molecular weight is 274 g/mol. The number of aromatic nitrogens is 2. The van der Waals surface area contributed by atoms with Gasteiger partial charge in [-0.1, -0.05) is 19.1 Å². The van der Waals surface area contributed by atoms with Gasteiger partial charge in [-0.3, -0.25) is 0 Å². The Balaban J connectivity index is 2.01. The molecule has 0 unspecified atom stereocenters. The molecule has 0 spiro atoms. The van der Waals surface area contributed by atoms with Crippen LogP contribution >= 0.6 is 0 Å². The fraction of sp³-hybridized carbons (Fsp3) is 0.400. The van der Waals surface area contributed by atoms with Gasteiger partial charge in [-0.15, -0.1) is 0 Å². The molecule has 20 heavy (non-hydrogen) atoms. The molecule has 3 rings (SSSR count). The second kappa shape index (κ2) is 5.63. The van der Waals surface area contributed by atoms with E-state index in [2.05, 4.69) is 22.2 Å². The van der Waals surface area contributed by atoms with Crippen molar-refractivity contribution in [2.24, 2.45) is 0 Å². The fourth-order valence-corrected chi connectivity index (χ4v) is 2.70. The molecule has 106 valence electrons. The molecule has 2 aromatic rings. The van der Waals surface area contributed by atoms with E-state index < -0.39 is 0 Å². The zero-order valence-electron chi connectivity index (χ0n) is 11.6. The molecule has 0 radical (unpaired) electrons. The predicted octanol–water partition coefficient (Wildman–Crippen LogP) is 1.98. The van der Waals surface area contributed by atoms with Gasteiger partial charge in [0, 0.05) is 26.2 Å². The van der Waals surface area contributed by atoms with Gasteiger partial charge in [-0.05, 0) is 18.6 Å². The lowest BCUT2D eigenvalue weighted by Crippen LogP contribution is -2.43. The van der Waals surface area contributed by atoms with Crippen molar-refractivity contribution in [1.29, 1.82) is 0 Å². The molecule has 1 fully saturated rings. The van der Waals surface area contributed by atoms with Crippen molar-refractivity contribution in [2.45, 2.75) is 13.3 Å². The molecule has 2 heterocycles. The van der Waals surface area contributed by atoms with E-state index in [0.29, 0.717) is 5.69 Å². The molecule has 0 aliphatic carbocycles. The van der Waals surface area contributed by atoms with Crippen LogP contribution in [0.1, 0.15) is 12.6 Å². The van der Waals surface area contributed by atoms with Crippen molar-refractivity contribution >= 4 is 5.69 Å². The van der Waals surface area contributed by atoms with Crippen molar-refractivity contribution in [3.05, 3.63) is 42.0 Å². The maximum atomic E-state index is 14.0. The largest absolute Gasteiger partial charge is 0.366 e. The Morgan fingerprint density at radius 1 is 1.20 bits per heavy atom. The van der Waals surface area contributed by atoms with Gasteiger partial charge in [-0.25, -0.2) is 9.07 Å². The van der Waals surface area contributed by atoms with Crippen molar-refractivity contribution < 1.29 is 4.39 Å². The Morgan fingerprint density at radius 3 is 2.65 bits per heavy atom. The topological polar surface area (TPSA) is 33.1 Å². The van der Waals surface area contributed by atoms with Gasteiger partial charge in [0.05, 0.1) is 17.6 Å². The highest BCUT2D eigenvalue weighted by Crippen LogP contribution is 2.25. The first-order valence-corrected chi connectivity index (χ1v) is 7.08. The molecule has 0 saturated carbocycles. The number of nitrogens with one attached hydrogen (secondary N) is 1. The maximum absolute atomic E-state index is 14.0. The molecule has 1 aliphatic heterocycles. The van der Waals surface area contributed by atoms with E-state index in [4.69, 9.17) is 0 Å². The highest BCUT2D eigenvalue weighted by Gasteiger charge is 2.19. The summed E-state index contributed by atoms with van der Waals surface area (Å²) in [7, 11) is 0. The minimum Gasteiger partial charge on any atom is -0.366 e. The number of benzene rings is 1. The molecule has 5 heteroatoms. The van der Waals surface area contributed by atoms with E-state index in [1.54, 1.807) is 16.8 Å². The lowest BCUT2D eigenvalue weighted by atomic mass is 10.2. The van der Waals surface area contributed by atoms with E-state index in [-0.39, 0.29) is 5.82 Å². The number of nitrogens with zero attached hydrogens (tertiary/aromatic N) is 3. The van der Waals surface area contributed by atoms with Gasteiger partial charge < -0.3 is 10.2 Å². The second-order valence-corrected chi connectivity index (χ2v) is 4.93. The van der Waals surface area contributed by atoms with Crippen molar-refractivity contribution in [1.82, 2.24) is 15.1 Å². The highest BCUT2D eigenvalue weighted by atomic mass is 19.1. The van der Waals surface area contributed by atoms with E-state index in [0.717, 1.165) is 44.0 Å². The summed E-state index contributed by atoms with van der Waals surface area (Å²) in [5, 5.41) is 7.75. The van der Waals surface area contributed by atoms with E-state index in [1.807, 2.05) is 12.3 Å². The van der Waals surface area contributed by atoms with Crippen LogP contribution in [0.3, 0.4) is 0 Å². The summed E-state index contributed by atoms with van der Waals surface area (Å²) in [5.74, 6) is -0.239. The van der Waals surface area contributed by atoms with E-state index >= 15 is 0 Å². The Kier molecular flexibility index (Phi) is 3.69. The van der Waals surface area contributed by atoms with Crippen LogP contribution in [0, 0.1) is 5.82 Å². The average Bonchev–Trinajstić information content (AvgIpc) is 2.92. The zero-order chi connectivity index (χ0) is 13.9. The second-order valence-electron chi connectivity index (χ2n) is 4.93. The Bertz CT molecular complexity index is 587. The molecule has 4 nitrogen and oxygen atoms in total. The molecule has 1 aromatic heterocycles. The predicted molar refractivity (Wildman–Crippen MR) is 78.0 cm³/mol. The summed E-state index contributed by atoms with van der Waals surface area (Å²) in [6, 6.07) is 6.78. The van der Waals surface area contributed by atoms with Crippen LogP contribution in [-0.2, 0) is 6.42 Å². The number of anilines is 1. The van der Waals surface area contributed by atoms with E-state index in [9.17, 15) is 4.39 Å². The number of hydrogen-bond acceptors (Lipinski definition) is 3. The molecular formula is C15H19FN4. The molecule has 1 saturated heterocycles. The lowest BCUT2D eigenvalue weighted by Gasteiger charge is -2.29. The van der Waals surface area contributed by atoms with Crippen LogP contribution < -0.4 is 10.2 Å². The molecule has 0 amide bonds. The number of para-hydroxylation sites is 1. The third-order valence-corrected chi connectivity index (χ3v) is 3.72. The van der Waals surface area contributed by atoms with Gasteiger partial charge in [0.1, 0.15) is 11.5 Å². The number of piperazine rings is 1. The fourth-order valence-electron chi connectivity index (χ4n) is 2.70. The maximum Gasteiger partial charge on any atom is 0.148 e. The monoisotopic (exact) mass is 274 g/mol. The van der Waals surface area contributed by atoms with Crippen LogP contribution in [0.2, 0.25) is 0 Å². The Labute approximate surface area is 118 Å². The third-order valence-electron chi connectivity index (χ3n) is 3.72. The standard InChI is InChI=1S/C15H19FN4/c1-2-13-15(19-9-7-17-8-10-19)11-18-20(13)14-6-4-3-5-12(14)16/h3-6,11,17H,2,7-10H2,1H3. The molecule has 1 aromatic carbocycles. The SMILES string of the molecule is CCc1c(N2CCNCC2)cnn1-c1ccccc1F. The summed E-state index contributed by atoms with van der Waals surface area (Å²) < 4.78 is 15.7. The molecule has 1 aliphatic rings. The normalized spacial score (nSPS) is 15.6. The number of hydrogen-bond donors (Lipinski definition) is 1. The minimum atomic E-state index is -0.239. The van der Waals surface area contributed by atoms with Crippen LogP contribution in [-0.4, -0.2) is 36.0 Å². The highest BCUT2D eigenvalue weighted by molar-refractivity contribution is 5.53. The molecular weight excluding hydrogens is 255 g/mol. The summed E-state index contributed by atoms with van der Waals surface area (Å²) in [4.78, 5) is 2.32. The van der Waals surface area contributed by atoms with Gasteiger partial charge in [0.2, 0.25) is 0 Å². The molecule has 0 atom stereocenters. The summed E-state index contributed by atoms with van der Waals surface area (Å²) in [6.45, 7) is 5.98. The summed E-state index contributed by atoms with van der Waals surface area (Å²) in [6.07, 6.45) is 2.68. The first-order valence-electron chi connectivity index (χ1n) is 7.08. The Hall–Kier alpha value is -1.88. The van der Waals surface area contributed by atoms with Crippen molar-refractivity contribution in [3.63, 3.8) is 0 Å². The van der Waals surface area contributed by atoms with Crippen LogP contribution in [0.25, 0.3) is 5.69 Å². The van der Waals surface area contributed by atoms with Gasteiger partial charge >= 0.3 is 0 Å². The summed E-state index contributed by atoms with van der Waals surface area (Å²) in [5.41, 5.74) is 2.71. The Morgan fingerprint density at radius 2 is 1.95 bits per heavy atom. The van der Waals surface area contributed by atoms with Gasteiger partial charge in [0.15, 0.2) is 0 Å². The minimum absolute atomic E-state index is 0.239. The number of rotatable bonds is 3. The smallest absolute Gasteiger partial charge is 0.148 e. The lowest BCUT2D eigenvalue weighted by molar-refractivity contribution is 0.586.